The standard InChI is InChI=1S/C16H15Cl2NO2/c1-2-21-16(20)15(11-6-8-12(17)9-7-11)19-14-5-3-4-13(18)10-14/h3-10,15,19H,2H2,1H3. The first kappa shape index (κ1) is 15.7. The molecule has 0 amide bonds. The largest absolute Gasteiger partial charge is 0.464 e. The summed E-state index contributed by atoms with van der Waals surface area (Å²) in [7, 11) is 0. The highest BCUT2D eigenvalue weighted by Gasteiger charge is 2.21. The monoisotopic (exact) mass is 323 g/mol. The van der Waals surface area contributed by atoms with E-state index in [1.807, 2.05) is 12.1 Å². The molecule has 3 nitrogen and oxygen atoms in total. The molecule has 0 aliphatic rings. The van der Waals surface area contributed by atoms with Crippen molar-refractivity contribution < 1.29 is 9.53 Å². The van der Waals surface area contributed by atoms with Crippen LogP contribution in [0.3, 0.4) is 0 Å². The van der Waals surface area contributed by atoms with Gasteiger partial charge in [0.1, 0.15) is 0 Å². The summed E-state index contributed by atoms with van der Waals surface area (Å²) in [6.07, 6.45) is 0. The van der Waals surface area contributed by atoms with E-state index in [0.29, 0.717) is 16.7 Å². The molecular weight excluding hydrogens is 309 g/mol. The van der Waals surface area contributed by atoms with E-state index in [1.54, 1.807) is 43.3 Å². The van der Waals surface area contributed by atoms with Crippen LogP contribution >= 0.6 is 23.2 Å². The predicted octanol–water partition coefficient (Wildman–Crippen LogP) is 4.71. The van der Waals surface area contributed by atoms with Crippen LogP contribution in [0.2, 0.25) is 10.0 Å². The van der Waals surface area contributed by atoms with Crippen LogP contribution in [0, 0.1) is 0 Å². The van der Waals surface area contributed by atoms with Crippen molar-refractivity contribution >= 4 is 34.9 Å². The van der Waals surface area contributed by atoms with Gasteiger partial charge >= 0.3 is 5.97 Å². The summed E-state index contributed by atoms with van der Waals surface area (Å²) in [5, 5.41) is 4.35. The number of benzene rings is 2. The Labute approximate surface area is 133 Å². The molecule has 2 rings (SSSR count). The molecular formula is C16H15Cl2NO2. The highest BCUT2D eigenvalue weighted by Crippen LogP contribution is 2.24. The zero-order chi connectivity index (χ0) is 15.2. The maximum Gasteiger partial charge on any atom is 0.333 e. The van der Waals surface area contributed by atoms with Crippen LogP contribution in [0.25, 0.3) is 0 Å². The zero-order valence-corrected chi connectivity index (χ0v) is 13.0. The maximum absolute atomic E-state index is 12.2. The summed E-state index contributed by atoms with van der Waals surface area (Å²) in [6.45, 7) is 2.09. The van der Waals surface area contributed by atoms with Crippen molar-refractivity contribution in [2.75, 3.05) is 11.9 Å². The van der Waals surface area contributed by atoms with Crippen molar-refractivity contribution in [1.29, 1.82) is 0 Å². The highest BCUT2D eigenvalue weighted by molar-refractivity contribution is 6.31. The van der Waals surface area contributed by atoms with E-state index < -0.39 is 6.04 Å². The van der Waals surface area contributed by atoms with E-state index >= 15 is 0 Å². The molecule has 0 fully saturated rings. The number of anilines is 1. The fourth-order valence-electron chi connectivity index (χ4n) is 1.90. The Hall–Kier alpha value is -1.71. The molecule has 0 aliphatic heterocycles. The van der Waals surface area contributed by atoms with E-state index in [4.69, 9.17) is 27.9 Å². The summed E-state index contributed by atoms with van der Waals surface area (Å²) in [5.41, 5.74) is 1.52. The smallest absolute Gasteiger partial charge is 0.333 e. The van der Waals surface area contributed by atoms with Gasteiger partial charge in [-0.05, 0) is 42.8 Å². The second kappa shape index (κ2) is 7.34. The van der Waals surface area contributed by atoms with Crippen LogP contribution in [0.15, 0.2) is 48.5 Å². The molecule has 0 aliphatic carbocycles. The van der Waals surface area contributed by atoms with Gasteiger partial charge in [-0.1, -0.05) is 41.4 Å². The predicted molar refractivity (Wildman–Crippen MR) is 85.9 cm³/mol. The number of carbonyl (C=O) groups is 1. The molecule has 2 aromatic rings. The van der Waals surface area contributed by atoms with Crippen LogP contribution in [0.1, 0.15) is 18.5 Å². The minimum atomic E-state index is -0.610. The minimum absolute atomic E-state index is 0.320. The number of nitrogens with one attached hydrogen (secondary N) is 1. The number of esters is 1. The van der Waals surface area contributed by atoms with Crippen LogP contribution < -0.4 is 5.32 Å². The third-order valence-corrected chi connectivity index (χ3v) is 3.35. The van der Waals surface area contributed by atoms with Crippen LogP contribution in [-0.2, 0) is 9.53 Å². The molecule has 0 saturated heterocycles. The van der Waals surface area contributed by atoms with E-state index in [1.165, 1.54) is 0 Å². The molecule has 1 unspecified atom stereocenters. The van der Waals surface area contributed by atoms with Crippen molar-refractivity contribution in [2.24, 2.45) is 0 Å². The topological polar surface area (TPSA) is 38.3 Å². The Morgan fingerprint density at radius 2 is 1.86 bits per heavy atom. The molecule has 1 atom stereocenters. The normalized spacial score (nSPS) is 11.8. The lowest BCUT2D eigenvalue weighted by atomic mass is 10.1. The van der Waals surface area contributed by atoms with Crippen molar-refractivity contribution in [3.05, 3.63) is 64.1 Å². The Bertz CT molecular complexity index is 614. The lowest BCUT2D eigenvalue weighted by molar-refractivity contribution is -0.144. The molecule has 0 spiro atoms. The minimum Gasteiger partial charge on any atom is -0.464 e. The molecule has 0 bridgehead atoms. The van der Waals surface area contributed by atoms with Gasteiger partial charge in [0.05, 0.1) is 6.61 Å². The van der Waals surface area contributed by atoms with E-state index in [9.17, 15) is 4.79 Å². The van der Waals surface area contributed by atoms with Gasteiger partial charge in [-0.15, -0.1) is 0 Å². The van der Waals surface area contributed by atoms with Crippen molar-refractivity contribution in [3.8, 4) is 0 Å². The quantitative estimate of drug-likeness (QED) is 0.810. The third kappa shape index (κ3) is 4.38. The summed E-state index contributed by atoms with van der Waals surface area (Å²) in [5.74, 6) is -0.347. The van der Waals surface area contributed by atoms with Gasteiger partial charge in [-0.2, -0.15) is 0 Å². The number of hydrogen-bond acceptors (Lipinski definition) is 3. The second-order valence-electron chi connectivity index (χ2n) is 4.39. The van der Waals surface area contributed by atoms with Gasteiger partial charge < -0.3 is 10.1 Å². The molecule has 110 valence electrons. The molecule has 1 N–H and O–H groups in total. The Morgan fingerprint density at radius 1 is 1.14 bits per heavy atom. The van der Waals surface area contributed by atoms with Crippen molar-refractivity contribution in [3.63, 3.8) is 0 Å². The fourth-order valence-corrected chi connectivity index (χ4v) is 2.22. The molecule has 5 heteroatoms. The molecule has 0 heterocycles. The van der Waals surface area contributed by atoms with Gasteiger partial charge in [-0.25, -0.2) is 4.79 Å². The first-order chi connectivity index (χ1) is 10.1. The average Bonchev–Trinajstić information content (AvgIpc) is 2.46. The number of halogens is 2. The first-order valence-corrected chi connectivity index (χ1v) is 7.30. The summed E-state index contributed by atoms with van der Waals surface area (Å²) in [6, 6.07) is 13.6. The van der Waals surface area contributed by atoms with Gasteiger partial charge in [0.2, 0.25) is 0 Å². The number of carbonyl (C=O) groups excluding carboxylic acids is 1. The SMILES string of the molecule is CCOC(=O)C(Nc1cccc(Cl)c1)c1ccc(Cl)cc1. The molecule has 0 saturated carbocycles. The lowest BCUT2D eigenvalue weighted by Gasteiger charge is -2.19. The Kier molecular flexibility index (Phi) is 5.48. The summed E-state index contributed by atoms with van der Waals surface area (Å²) in [4.78, 5) is 12.2. The van der Waals surface area contributed by atoms with E-state index in [-0.39, 0.29) is 5.97 Å². The van der Waals surface area contributed by atoms with E-state index in [2.05, 4.69) is 5.32 Å². The average molecular weight is 324 g/mol. The van der Waals surface area contributed by atoms with Crippen LogP contribution in [-0.4, -0.2) is 12.6 Å². The third-order valence-electron chi connectivity index (χ3n) is 2.86. The first-order valence-electron chi connectivity index (χ1n) is 6.54. The zero-order valence-electron chi connectivity index (χ0n) is 11.5. The number of hydrogen-bond donors (Lipinski definition) is 1. The van der Waals surface area contributed by atoms with Crippen molar-refractivity contribution in [1.82, 2.24) is 0 Å². The number of ether oxygens (including phenoxy) is 1. The fraction of sp³-hybridized carbons (Fsp3) is 0.188. The number of rotatable bonds is 5. The molecule has 2 aromatic carbocycles. The van der Waals surface area contributed by atoms with E-state index in [0.717, 1.165) is 11.3 Å². The van der Waals surface area contributed by atoms with Gasteiger partial charge in [0.25, 0.3) is 0 Å². The summed E-state index contributed by atoms with van der Waals surface area (Å²) < 4.78 is 5.12. The summed E-state index contributed by atoms with van der Waals surface area (Å²) >= 11 is 11.8. The maximum atomic E-state index is 12.2. The Morgan fingerprint density at radius 3 is 2.48 bits per heavy atom. The van der Waals surface area contributed by atoms with Gasteiger partial charge in [0, 0.05) is 15.7 Å². The van der Waals surface area contributed by atoms with Crippen LogP contribution in [0.5, 0.6) is 0 Å². The molecule has 21 heavy (non-hydrogen) atoms. The lowest BCUT2D eigenvalue weighted by Crippen LogP contribution is -2.23. The molecule has 0 radical (unpaired) electrons. The molecule has 0 aromatic heterocycles. The van der Waals surface area contributed by atoms with Crippen LogP contribution in [0.4, 0.5) is 5.69 Å². The second-order valence-corrected chi connectivity index (χ2v) is 5.26. The van der Waals surface area contributed by atoms with Crippen molar-refractivity contribution in [2.45, 2.75) is 13.0 Å². The van der Waals surface area contributed by atoms with Gasteiger partial charge in [-0.3, -0.25) is 0 Å². The van der Waals surface area contributed by atoms with Gasteiger partial charge in [0.15, 0.2) is 6.04 Å². The highest BCUT2D eigenvalue weighted by atomic mass is 35.5. The Balaban J connectivity index is 2.27.